The third-order valence-electron chi connectivity index (χ3n) is 24.5. The van der Waals surface area contributed by atoms with Crippen LogP contribution >= 0.6 is 0 Å². The quantitative estimate of drug-likeness (QED) is 0.146. The van der Waals surface area contributed by atoms with Gasteiger partial charge < -0.3 is 69.5 Å². The van der Waals surface area contributed by atoms with E-state index in [4.69, 9.17) is 9.47 Å². The van der Waals surface area contributed by atoms with E-state index < -0.39 is 180 Å². The molecule has 26 nitrogen and oxygen atoms in total. The van der Waals surface area contributed by atoms with Gasteiger partial charge in [-0.1, -0.05) is 99.1 Å². The molecule has 12 amide bonds. The van der Waals surface area contributed by atoms with Crippen molar-refractivity contribution in [2.24, 2.45) is 46.8 Å². The lowest BCUT2D eigenvalue weighted by molar-refractivity contribution is -0.215. The summed E-state index contributed by atoms with van der Waals surface area (Å²) in [6.07, 6.45) is 3.91. The van der Waals surface area contributed by atoms with Crippen LogP contribution in [0.3, 0.4) is 0 Å². The molecule has 1 spiro atoms. The minimum Gasteiger partial charge on any atom is -0.381 e. The Bertz CT molecular complexity index is 3210. The normalized spacial score (nSPS) is 31.6. The maximum atomic E-state index is 15.8. The number of halogens is 3. The Morgan fingerprint density at radius 1 is 0.676 bits per heavy atom. The fourth-order valence-corrected chi connectivity index (χ4v) is 18.1. The fourth-order valence-electron chi connectivity index (χ4n) is 18.1. The molecule has 3 aliphatic heterocycles. The van der Waals surface area contributed by atoms with Crippen molar-refractivity contribution in [1.29, 1.82) is 0 Å². The van der Waals surface area contributed by atoms with Gasteiger partial charge in [0.05, 0.1) is 37.6 Å². The van der Waals surface area contributed by atoms with Gasteiger partial charge in [-0.3, -0.25) is 57.5 Å². The van der Waals surface area contributed by atoms with Crippen LogP contribution in [0.5, 0.6) is 0 Å². The van der Waals surface area contributed by atoms with Crippen molar-refractivity contribution in [2.45, 2.75) is 276 Å². The van der Waals surface area contributed by atoms with Crippen molar-refractivity contribution < 1.29 is 80.2 Å². The molecular formula is C79H129F3N12O14. The van der Waals surface area contributed by atoms with Gasteiger partial charge in [0.25, 0.3) is 0 Å². The van der Waals surface area contributed by atoms with E-state index in [1.807, 2.05) is 47.6 Å². The highest BCUT2D eigenvalue weighted by atomic mass is 19.4. The van der Waals surface area contributed by atoms with Crippen molar-refractivity contribution in [3.05, 3.63) is 12.2 Å². The molecule has 2 saturated heterocycles. The van der Waals surface area contributed by atoms with E-state index >= 15 is 38.4 Å². The van der Waals surface area contributed by atoms with E-state index in [1.54, 1.807) is 19.9 Å². The molecule has 7 aliphatic rings. The van der Waals surface area contributed by atoms with Crippen LogP contribution < -0.4 is 16.0 Å². The summed E-state index contributed by atoms with van der Waals surface area (Å²) in [5.41, 5.74) is -2.12. The predicted molar refractivity (Wildman–Crippen MR) is 400 cm³/mol. The van der Waals surface area contributed by atoms with Crippen LogP contribution in [0, 0.1) is 46.8 Å². The smallest absolute Gasteiger partial charge is 0.381 e. The molecule has 7 rings (SSSR count). The molecule has 610 valence electrons. The third kappa shape index (κ3) is 21.8. The van der Waals surface area contributed by atoms with Crippen LogP contribution in [0.2, 0.25) is 0 Å². The highest BCUT2D eigenvalue weighted by Gasteiger charge is 2.59. The summed E-state index contributed by atoms with van der Waals surface area (Å²) < 4.78 is 54.5. The summed E-state index contributed by atoms with van der Waals surface area (Å²) in [6.45, 7) is 16.1. The number of fused-ring (bicyclic) bond motifs is 3. The van der Waals surface area contributed by atoms with Crippen molar-refractivity contribution in [2.75, 3.05) is 95.8 Å². The first-order valence-corrected chi connectivity index (χ1v) is 39.9. The zero-order valence-corrected chi connectivity index (χ0v) is 67.6. The van der Waals surface area contributed by atoms with Gasteiger partial charge in [0.2, 0.25) is 70.9 Å². The Morgan fingerprint density at radius 2 is 1.31 bits per heavy atom. The topological polar surface area (TPSA) is 289 Å². The summed E-state index contributed by atoms with van der Waals surface area (Å²) in [5, 5.41) is 8.88. The number of likely N-dealkylation sites (N-methyl/N-ethyl adjacent to an activating group) is 7. The highest BCUT2D eigenvalue weighted by molar-refractivity contribution is 6.01. The lowest BCUT2D eigenvalue weighted by atomic mass is 9.58. The summed E-state index contributed by atoms with van der Waals surface area (Å²) in [7, 11) is 11.4. The van der Waals surface area contributed by atoms with Crippen molar-refractivity contribution in [3.8, 4) is 0 Å². The van der Waals surface area contributed by atoms with Gasteiger partial charge in [-0.25, -0.2) is 0 Å². The number of ether oxygens (including phenoxy) is 2. The van der Waals surface area contributed by atoms with Crippen LogP contribution in [0.4, 0.5) is 13.2 Å². The molecule has 4 saturated carbocycles. The minimum absolute atomic E-state index is 0.00680. The van der Waals surface area contributed by atoms with Gasteiger partial charge in [0.1, 0.15) is 53.9 Å². The molecule has 2 bridgehead atoms. The Hall–Kier alpha value is -6.91. The Labute approximate surface area is 639 Å². The summed E-state index contributed by atoms with van der Waals surface area (Å²) in [4.78, 5) is 195. The van der Waals surface area contributed by atoms with E-state index in [-0.39, 0.29) is 121 Å². The SMILES string of the molecule is CCCO[C@H](C)[C@@H]1NC(=O)[C@H](CC(C)C)N(C)C(=O)C[C@@H](C(=O)N(C)CC)N(C)C(=O)[C@H](C2CCCC2)N(C)C(=O)C2(CC(C)(C)C2)NC(=O)[C@@H]2C[C@H](C)CN2C(=O)[C@H](CCC2CCC(C(F)(F)F)C(OC)C2)NC(=O)CN(C)C(=O)[C@H](CC2CCC(C)CC2)N2CC/C=C\C[C@@H](C2=O)N(C)C(=O)CN(C)C1=O. The van der Waals surface area contributed by atoms with Crippen LogP contribution in [0.25, 0.3) is 0 Å². The summed E-state index contributed by atoms with van der Waals surface area (Å²) >= 11 is 0. The number of carbonyl (C=O) groups excluding carboxylic acids is 12. The Kier molecular flexibility index (Phi) is 31.4. The maximum absolute atomic E-state index is 15.8. The van der Waals surface area contributed by atoms with E-state index in [0.717, 1.165) is 43.4 Å². The zero-order valence-electron chi connectivity index (χ0n) is 67.6. The van der Waals surface area contributed by atoms with Gasteiger partial charge >= 0.3 is 6.18 Å². The first-order valence-electron chi connectivity index (χ1n) is 39.9. The molecule has 108 heavy (non-hydrogen) atoms. The lowest BCUT2D eigenvalue weighted by Gasteiger charge is -2.54. The number of nitrogens with zero attached hydrogens (tertiary/aromatic N) is 9. The first kappa shape index (κ1) is 88.3. The molecule has 4 aliphatic carbocycles. The van der Waals surface area contributed by atoms with Gasteiger partial charge in [0, 0.05) is 82.7 Å². The standard InChI is InChI=1S/C79H129F3N12O14/c1-18-37-108-51(7)66-74(104)88(12)45-65(97)89(13)57-27-21-20-24-36-93(73(57)103)61(40-52-30-28-49(5)29-31-52)72(102)87(11)44-63(95)83-56(35-33-53-32-34-55(79(80,81)82)62(41-53)107-17)70(100)94-43-50(6)39-59(94)69(99)85-78(46-77(8,9)47-78)76(106)92(16)67(54-25-22-23-26-54)75(105)91(15)60(71(101)86(10)19-2)42-64(96)90(14)58(38-48(3)4)68(98)84-66/h20-21,48-62,66-67H,18-19,22-47H2,1-17H3,(H,83,95)(H,84,98)(H,85,99)/b21-20-/t49?,50-,51+,52?,53?,55?,56-,57-,58-,59-,60-,61-,62?,66-,67-/m0/s1. The van der Waals surface area contributed by atoms with Gasteiger partial charge in [-0.05, 0) is 151 Å². The number of rotatable bonds is 15. The number of nitrogens with one attached hydrogen (secondary N) is 3. The molecule has 6 fully saturated rings. The van der Waals surface area contributed by atoms with Gasteiger partial charge in [-0.15, -0.1) is 0 Å². The van der Waals surface area contributed by atoms with Crippen molar-refractivity contribution >= 4 is 70.9 Å². The number of methoxy groups -OCH3 is 1. The number of amides is 12. The van der Waals surface area contributed by atoms with Crippen LogP contribution in [0.15, 0.2) is 12.2 Å². The molecule has 0 aromatic carbocycles. The molecule has 0 aromatic rings. The molecule has 0 radical (unpaired) electrons. The van der Waals surface area contributed by atoms with Crippen LogP contribution in [-0.2, 0) is 67.0 Å². The third-order valence-corrected chi connectivity index (χ3v) is 24.5. The molecule has 29 heteroatoms. The number of carbonyl (C=O) groups is 12. The maximum Gasteiger partial charge on any atom is 0.394 e. The van der Waals surface area contributed by atoms with E-state index in [1.165, 1.54) is 95.6 Å². The molecule has 3 heterocycles. The fraction of sp³-hybridized carbons (Fsp3) is 0.823. The number of hydrogen-bond donors (Lipinski definition) is 3. The first-order chi connectivity index (χ1) is 50.7. The van der Waals surface area contributed by atoms with E-state index in [2.05, 4.69) is 22.9 Å². The van der Waals surface area contributed by atoms with E-state index in [0.29, 0.717) is 31.6 Å². The van der Waals surface area contributed by atoms with Crippen LogP contribution in [-0.4, -0.2) is 283 Å². The molecule has 3 N–H and O–H groups in total. The van der Waals surface area contributed by atoms with Crippen molar-refractivity contribution in [1.82, 2.24) is 60.0 Å². The monoisotopic (exact) mass is 1530 g/mol. The predicted octanol–water partition coefficient (Wildman–Crippen LogP) is 6.56. The van der Waals surface area contributed by atoms with Gasteiger partial charge in [0.15, 0.2) is 0 Å². The average molecular weight is 1530 g/mol. The second kappa shape index (κ2) is 38.3. The largest absolute Gasteiger partial charge is 0.394 e. The summed E-state index contributed by atoms with van der Waals surface area (Å²) in [5.74, 6) is -10.4. The van der Waals surface area contributed by atoms with Gasteiger partial charge in [-0.2, -0.15) is 13.2 Å². The molecular weight excluding hydrogens is 1400 g/mol. The van der Waals surface area contributed by atoms with Crippen LogP contribution in [0.1, 0.15) is 204 Å². The number of hydrogen-bond acceptors (Lipinski definition) is 14. The van der Waals surface area contributed by atoms with E-state index in [9.17, 15) is 32.3 Å². The lowest BCUT2D eigenvalue weighted by Crippen LogP contribution is -2.71. The second-order valence-corrected chi connectivity index (χ2v) is 34.2. The highest BCUT2D eigenvalue weighted by Crippen LogP contribution is 2.50. The van der Waals surface area contributed by atoms with Crippen molar-refractivity contribution in [3.63, 3.8) is 0 Å². The Balaban J connectivity index is 1.33. The zero-order chi connectivity index (χ0) is 80.2. The number of alkyl halides is 3. The average Bonchev–Trinajstić information content (AvgIpc) is 0.739. The minimum atomic E-state index is -4.51. The summed E-state index contributed by atoms with van der Waals surface area (Å²) in [6, 6.07) is -10.2. The second-order valence-electron chi connectivity index (χ2n) is 34.2. The molecule has 0 aromatic heterocycles. The Morgan fingerprint density at radius 3 is 1.92 bits per heavy atom. The molecule has 13 atom stereocenters. The molecule has 3 unspecified atom stereocenters.